The molecule has 0 bridgehead atoms. The molecule has 0 atom stereocenters. The standard InChI is InChI=1S/C12H12N4O3S/c1-7(17)19-9-6-4-3-5-8(9)10(18)16-11(13)14-12(15-16)20-2/h3-6H,1-2H3,(H2,13,14,15). The van der Waals surface area contributed by atoms with Gasteiger partial charge in [-0.2, -0.15) is 9.67 Å². The summed E-state index contributed by atoms with van der Waals surface area (Å²) in [5.74, 6) is -0.878. The van der Waals surface area contributed by atoms with Gasteiger partial charge >= 0.3 is 5.97 Å². The van der Waals surface area contributed by atoms with Crippen LogP contribution in [0.4, 0.5) is 5.95 Å². The summed E-state index contributed by atoms with van der Waals surface area (Å²) in [6, 6.07) is 6.37. The highest BCUT2D eigenvalue weighted by molar-refractivity contribution is 7.98. The second-order valence-corrected chi connectivity index (χ2v) is 4.54. The van der Waals surface area contributed by atoms with E-state index in [1.807, 2.05) is 0 Å². The topological polar surface area (TPSA) is 100 Å². The van der Waals surface area contributed by atoms with Crippen molar-refractivity contribution in [1.29, 1.82) is 0 Å². The van der Waals surface area contributed by atoms with Gasteiger partial charge < -0.3 is 10.5 Å². The summed E-state index contributed by atoms with van der Waals surface area (Å²) in [6.07, 6.45) is 1.77. The summed E-state index contributed by atoms with van der Waals surface area (Å²) < 4.78 is 5.97. The molecule has 2 N–H and O–H groups in total. The number of benzene rings is 1. The van der Waals surface area contributed by atoms with Crippen LogP contribution in [0.3, 0.4) is 0 Å². The second-order valence-electron chi connectivity index (χ2n) is 3.76. The van der Waals surface area contributed by atoms with Gasteiger partial charge in [0, 0.05) is 6.92 Å². The average Bonchev–Trinajstić information content (AvgIpc) is 2.79. The number of hydrogen-bond donors (Lipinski definition) is 1. The number of esters is 1. The number of nitrogen functional groups attached to an aromatic ring is 1. The molecule has 2 rings (SSSR count). The molecule has 1 aromatic heterocycles. The van der Waals surface area contributed by atoms with Gasteiger partial charge in [-0.05, 0) is 18.4 Å². The number of anilines is 1. The van der Waals surface area contributed by atoms with Crippen molar-refractivity contribution in [3.05, 3.63) is 29.8 Å². The molecule has 7 nitrogen and oxygen atoms in total. The molecule has 20 heavy (non-hydrogen) atoms. The molecular formula is C12H12N4O3S. The maximum Gasteiger partial charge on any atom is 0.308 e. The fraction of sp³-hybridized carbons (Fsp3) is 0.167. The molecule has 1 heterocycles. The minimum atomic E-state index is -0.512. The van der Waals surface area contributed by atoms with Crippen molar-refractivity contribution in [3.8, 4) is 5.75 Å². The van der Waals surface area contributed by atoms with Crippen LogP contribution in [-0.4, -0.2) is 32.9 Å². The van der Waals surface area contributed by atoms with E-state index in [4.69, 9.17) is 10.5 Å². The van der Waals surface area contributed by atoms with Crippen molar-refractivity contribution in [2.24, 2.45) is 0 Å². The van der Waals surface area contributed by atoms with E-state index in [1.165, 1.54) is 30.8 Å². The lowest BCUT2D eigenvalue weighted by Gasteiger charge is -2.07. The van der Waals surface area contributed by atoms with Gasteiger partial charge in [0.25, 0.3) is 5.91 Å². The Morgan fingerprint density at radius 1 is 1.35 bits per heavy atom. The average molecular weight is 292 g/mol. The third kappa shape index (κ3) is 2.80. The number of rotatable bonds is 3. The summed E-state index contributed by atoms with van der Waals surface area (Å²) >= 11 is 1.27. The van der Waals surface area contributed by atoms with Gasteiger partial charge in [0.1, 0.15) is 5.75 Å². The number of para-hydroxylation sites is 1. The maximum absolute atomic E-state index is 12.4. The van der Waals surface area contributed by atoms with Crippen LogP contribution in [0, 0.1) is 0 Å². The lowest BCUT2D eigenvalue weighted by atomic mass is 10.2. The number of carbonyl (C=O) groups excluding carboxylic acids is 2. The first-order valence-electron chi connectivity index (χ1n) is 5.61. The van der Waals surface area contributed by atoms with E-state index >= 15 is 0 Å². The highest BCUT2D eigenvalue weighted by Gasteiger charge is 2.19. The van der Waals surface area contributed by atoms with E-state index in [-0.39, 0.29) is 17.3 Å². The van der Waals surface area contributed by atoms with Crippen LogP contribution in [-0.2, 0) is 4.79 Å². The highest BCUT2D eigenvalue weighted by Crippen LogP contribution is 2.21. The van der Waals surface area contributed by atoms with E-state index in [9.17, 15) is 9.59 Å². The largest absolute Gasteiger partial charge is 0.426 e. The van der Waals surface area contributed by atoms with Crippen LogP contribution in [0.1, 0.15) is 17.3 Å². The molecule has 2 aromatic rings. The first kappa shape index (κ1) is 14.1. The monoisotopic (exact) mass is 292 g/mol. The highest BCUT2D eigenvalue weighted by atomic mass is 32.2. The molecule has 0 saturated heterocycles. The van der Waals surface area contributed by atoms with Crippen molar-refractivity contribution < 1.29 is 14.3 Å². The number of nitrogens with zero attached hydrogens (tertiary/aromatic N) is 3. The van der Waals surface area contributed by atoms with Crippen LogP contribution in [0.5, 0.6) is 5.75 Å². The summed E-state index contributed by atoms with van der Waals surface area (Å²) in [4.78, 5) is 27.4. The Bertz CT molecular complexity index is 668. The Labute approximate surface area is 119 Å². The molecule has 8 heteroatoms. The van der Waals surface area contributed by atoms with Gasteiger partial charge in [-0.15, -0.1) is 5.10 Å². The van der Waals surface area contributed by atoms with Gasteiger partial charge in [0.05, 0.1) is 5.56 Å². The van der Waals surface area contributed by atoms with Crippen LogP contribution in [0.15, 0.2) is 29.4 Å². The van der Waals surface area contributed by atoms with Crippen LogP contribution in [0.2, 0.25) is 0 Å². The minimum Gasteiger partial charge on any atom is -0.426 e. The zero-order valence-corrected chi connectivity index (χ0v) is 11.7. The Kier molecular flexibility index (Phi) is 4.04. The Morgan fingerprint density at radius 3 is 2.65 bits per heavy atom. The van der Waals surface area contributed by atoms with Crippen molar-refractivity contribution in [2.45, 2.75) is 12.1 Å². The molecule has 0 radical (unpaired) electrons. The second kappa shape index (κ2) is 5.74. The van der Waals surface area contributed by atoms with E-state index < -0.39 is 11.9 Å². The van der Waals surface area contributed by atoms with Crippen LogP contribution < -0.4 is 10.5 Å². The molecule has 0 amide bonds. The van der Waals surface area contributed by atoms with Gasteiger partial charge in [0.15, 0.2) is 0 Å². The number of ether oxygens (including phenoxy) is 1. The Morgan fingerprint density at radius 2 is 2.05 bits per heavy atom. The van der Waals surface area contributed by atoms with Crippen LogP contribution in [0.25, 0.3) is 0 Å². The number of thioether (sulfide) groups is 1. The third-order valence-corrected chi connectivity index (χ3v) is 2.90. The van der Waals surface area contributed by atoms with Gasteiger partial charge in [-0.25, -0.2) is 0 Å². The lowest BCUT2D eigenvalue weighted by molar-refractivity contribution is -0.131. The van der Waals surface area contributed by atoms with Gasteiger partial charge in [0.2, 0.25) is 11.1 Å². The summed E-state index contributed by atoms with van der Waals surface area (Å²) in [5.41, 5.74) is 5.84. The first-order valence-corrected chi connectivity index (χ1v) is 6.84. The number of aromatic nitrogens is 3. The molecule has 0 aliphatic rings. The summed E-state index contributed by atoms with van der Waals surface area (Å²) in [7, 11) is 0. The quantitative estimate of drug-likeness (QED) is 0.515. The Balaban J connectivity index is 2.42. The van der Waals surface area contributed by atoms with E-state index in [1.54, 1.807) is 18.4 Å². The molecule has 0 spiro atoms. The molecule has 0 aliphatic heterocycles. The predicted molar refractivity (Wildman–Crippen MR) is 73.7 cm³/mol. The van der Waals surface area contributed by atoms with E-state index in [0.717, 1.165) is 4.68 Å². The molecule has 0 unspecified atom stereocenters. The summed E-state index contributed by atoms with van der Waals surface area (Å²) in [5, 5.41) is 4.37. The minimum absolute atomic E-state index is 0.0167. The lowest BCUT2D eigenvalue weighted by Crippen LogP contribution is -2.18. The third-order valence-electron chi connectivity index (χ3n) is 2.36. The molecule has 0 saturated carbocycles. The van der Waals surface area contributed by atoms with Crippen molar-refractivity contribution in [1.82, 2.24) is 14.8 Å². The smallest absolute Gasteiger partial charge is 0.308 e. The molecule has 104 valence electrons. The van der Waals surface area contributed by atoms with Gasteiger partial charge in [-0.3, -0.25) is 9.59 Å². The van der Waals surface area contributed by atoms with Crippen molar-refractivity contribution >= 4 is 29.6 Å². The fourth-order valence-electron chi connectivity index (χ4n) is 1.54. The molecule has 0 fully saturated rings. The molecular weight excluding hydrogens is 280 g/mol. The molecule has 1 aromatic carbocycles. The zero-order valence-electron chi connectivity index (χ0n) is 10.9. The van der Waals surface area contributed by atoms with Crippen molar-refractivity contribution in [2.75, 3.05) is 12.0 Å². The summed E-state index contributed by atoms with van der Waals surface area (Å²) in [6.45, 7) is 1.26. The predicted octanol–water partition coefficient (Wildman–Crippen LogP) is 1.20. The fourth-order valence-corrected chi connectivity index (χ4v) is 1.89. The van der Waals surface area contributed by atoms with Gasteiger partial charge in [-0.1, -0.05) is 23.9 Å². The zero-order chi connectivity index (χ0) is 14.7. The SMILES string of the molecule is CSc1nc(N)n(C(=O)c2ccccc2OC(C)=O)n1. The Hall–Kier alpha value is -2.35. The van der Waals surface area contributed by atoms with Crippen LogP contribution >= 0.6 is 11.8 Å². The number of nitrogens with two attached hydrogens (primary N) is 1. The maximum atomic E-state index is 12.4. The molecule has 0 aliphatic carbocycles. The number of hydrogen-bond acceptors (Lipinski definition) is 7. The first-order chi connectivity index (χ1) is 9.52. The normalized spacial score (nSPS) is 10.3. The number of carbonyl (C=O) groups is 2. The van der Waals surface area contributed by atoms with Crippen molar-refractivity contribution in [3.63, 3.8) is 0 Å². The van der Waals surface area contributed by atoms with E-state index in [2.05, 4.69) is 10.1 Å². The van der Waals surface area contributed by atoms with E-state index in [0.29, 0.717) is 5.16 Å².